The maximum Gasteiger partial charge on any atom is 0.430 e. The first-order valence-corrected chi connectivity index (χ1v) is 12.0. The zero-order valence-corrected chi connectivity index (χ0v) is 21.0. The van der Waals surface area contributed by atoms with E-state index in [1.165, 1.54) is 24.3 Å². The number of esters is 1. The van der Waals surface area contributed by atoms with Crippen molar-refractivity contribution in [3.05, 3.63) is 65.5 Å². The van der Waals surface area contributed by atoms with Crippen molar-refractivity contribution in [2.45, 2.75) is 50.8 Å². The number of amides is 1. The van der Waals surface area contributed by atoms with E-state index in [1.54, 1.807) is 38.2 Å². The van der Waals surface area contributed by atoms with E-state index in [1.807, 2.05) is 0 Å². The van der Waals surface area contributed by atoms with Crippen molar-refractivity contribution in [3.63, 3.8) is 0 Å². The molecular formula is C27H30F3N3O4. The highest BCUT2D eigenvalue weighted by Crippen LogP contribution is 2.49. The van der Waals surface area contributed by atoms with Crippen LogP contribution in [0.3, 0.4) is 0 Å². The predicted molar refractivity (Wildman–Crippen MR) is 128 cm³/mol. The highest BCUT2D eigenvalue weighted by molar-refractivity contribution is 5.88. The minimum atomic E-state index is -5.03. The number of carbonyl (C=O) groups excluding carboxylic acids is 2. The molecule has 198 valence electrons. The lowest BCUT2D eigenvalue weighted by Crippen LogP contribution is -2.59. The first kappa shape index (κ1) is 28.1. The topological polar surface area (TPSA) is 92.5 Å². The summed E-state index contributed by atoms with van der Waals surface area (Å²) < 4.78 is 53.4. The molecular weight excluding hydrogens is 487 g/mol. The van der Waals surface area contributed by atoms with Crippen molar-refractivity contribution < 1.29 is 32.2 Å². The van der Waals surface area contributed by atoms with Crippen LogP contribution in [0.15, 0.2) is 48.7 Å². The number of benzene rings is 1. The van der Waals surface area contributed by atoms with Gasteiger partial charge in [0.1, 0.15) is 0 Å². The Labute approximate surface area is 214 Å². The molecule has 1 aliphatic heterocycles. The summed E-state index contributed by atoms with van der Waals surface area (Å²) in [5, 5.41) is 10.2. The molecule has 0 spiro atoms. The Morgan fingerprint density at radius 3 is 2.32 bits per heavy atom. The average molecular weight is 518 g/mol. The second kappa shape index (κ2) is 11.3. The lowest BCUT2D eigenvalue weighted by Gasteiger charge is -2.46. The number of nitrogens with zero attached hydrogens (tertiary/aromatic N) is 3. The van der Waals surface area contributed by atoms with Gasteiger partial charge in [-0.1, -0.05) is 36.4 Å². The third-order valence-electron chi connectivity index (χ3n) is 7.10. The fourth-order valence-electron chi connectivity index (χ4n) is 5.14. The Hall–Kier alpha value is -3.45. The van der Waals surface area contributed by atoms with Crippen LogP contribution in [0.1, 0.15) is 48.9 Å². The van der Waals surface area contributed by atoms with Crippen LogP contribution in [-0.2, 0) is 24.7 Å². The van der Waals surface area contributed by atoms with Crippen molar-refractivity contribution in [3.8, 4) is 6.07 Å². The van der Waals surface area contributed by atoms with Crippen molar-refractivity contribution in [1.29, 1.82) is 5.26 Å². The summed E-state index contributed by atoms with van der Waals surface area (Å²) in [6, 6.07) is 12.6. The number of hydrogen-bond acceptors (Lipinski definition) is 6. The molecule has 1 saturated heterocycles. The number of carbonyl (C=O) groups is 2. The molecule has 2 atom stereocenters. The Kier molecular flexibility index (Phi) is 8.59. The van der Waals surface area contributed by atoms with Crippen LogP contribution in [0, 0.1) is 23.7 Å². The van der Waals surface area contributed by atoms with Crippen LogP contribution in [0.25, 0.3) is 0 Å². The van der Waals surface area contributed by atoms with Crippen LogP contribution in [0.4, 0.5) is 13.2 Å². The van der Waals surface area contributed by atoms with E-state index >= 15 is 0 Å². The van der Waals surface area contributed by atoms with Gasteiger partial charge in [-0.15, -0.1) is 0 Å². The normalized spacial score (nSPS) is 17.8. The molecule has 37 heavy (non-hydrogen) atoms. The Balaban J connectivity index is 1.98. The van der Waals surface area contributed by atoms with Gasteiger partial charge in [-0.05, 0) is 38.3 Å². The summed E-state index contributed by atoms with van der Waals surface area (Å²) >= 11 is 0. The number of aryl methyl sites for hydroxylation is 1. The summed E-state index contributed by atoms with van der Waals surface area (Å²) in [6.45, 7) is 3.42. The lowest BCUT2D eigenvalue weighted by molar-refractivity contribution is -0.271. The standard InChI is InChI=1S/C27H30F3N3O4/c1-4-37-22(34)17-25(21(18-31)23-19(2)9-8-14-32-23)12-15-33(16-13-25)24(35)26(36-3,27(28,29)30)20-10-6-5-7-11-20/h5-11,14,21H,4,12-13,15-17H2,1-3H3/t21?,26-/m1/s1. The zero-order chi connectivity index (χ0) is 27.3. The molecule has 1 aromatic carbocycles. The van der Waals surface area contributed by atoms with Gasteiger partial charge in [0, 0.05) is 37.4 Å². The molecule has 0 aliphatic carbocycles. The second-order valence-corrected chi connectivity index (χ2v) is 9.15. The molecule has 1 aromatic heterocycles. The Morgan fingerprint density at radius 2 is 1.81 bits per heavy atom. The van der Waals surface area contributed by atoms with Gasteiger partial charge in [0.2, 0.25) is 0 Å². The molecule has 10 heteroatoms. The van der Waals surface area contributed by atoms with Crippen molar-refractivity contribution in [1.82, 2.24) is 9.88 Å². The first-order valence-electron chi connectivity index (χ1n) is 12.0. The molecule has 0 N–H and O–H groups in total. The minimum absolute atomic E-state index is 0.101. The molecule has 2 aromatic rings. The van der Waals surface area contributed by atoms with Crippen LogP contribution < -0.4 is 0 Å². The fraction of sp³-hybridized carbons (Fsp3) is 0.481. The fourth-order valence-corrected chi connectivity index (χ4v) is 5.14. The maximum absolute atomic E-state index is 14.4. The summed E-state index contributed by atoms with van der Waals surface area (Å²) in [5.74, 6) is -2.57. The number of pyridine rings is 1. The minimum Gasteiger partial charge on any atom is -0.466 e. The molecule has 0 bridgehead atoms. The largest absolute Gasteiger partial charge is 0.466 e. The number of halogens is 3. The maximum atomic E-state index is 14.4. The van der Waals surface area contributed by atoms with Crippen LogP contribution in [-0.4, -0.2) is 54.7 Å². The van der Waals surface area contributed by atoms with Gasteiger partial charge < -0.3 is 14.4 Å². The van der Waals surface area contributed by atoms with Crippen LogP contribution in [0.2, 0.25) is 0 Å². The third kappa shape index (κ3) is 5.32. The van der Waals surface area contributed by atoms with E-state index in [2.05, 4.69) is 11.1 Å². The van der Waals surface area contributed by atoms with Crippen molar-refractivity contribution >= 4 is 11.9 Å². The average Bonchev–Trinajstić information content (AvgIpc) is 2.86. The summed E-state index contributed by atoms with van der Waals surface area (Å²) in [6.07, 6.45) is -3.37. The highest BCUT2D eigenvalue weighted by Gasteiger charge is 2.64. The van der Waals surface area contributed by atoms with Gasteiger partial charge in [-0.3, -0.25) is 14.6 Å². The summed E-state index contributed by atoms with van der Waals surface area (Å²) in [7, 11) is 0.864. The quantitative estimate of drug-likeness (QED) is 0.473. The number of alkyl halides is 3. The number of methoxy groups -OCH3 is 1. The third-order valence-corrected chi connectivity index (χ3v) is 7.10. The SMILES string of the molecule is CCOC(=O)CC1(C(C#N)c2ncccc2C)CCN(C(=O)[C@](OC)(c2ccccc2)C(F)(F)F)CC1. The van der Waals surface area contributed by atoms with E-state index in [9.17, 15) is 28.0 Å². The second-order valence-electron chi connectivity index (χ2n) is 9.15. The summed E-state index contributed by atoms with van der Waals surface area (Å²) in [4.78, 5) is 31.6. The number of ether oxygens (including phenoxy) is 2. The van der Waals surface area contributed by atoms with Gasteiger partial charge in [0.05, 0.1) is 30.7 Å². The molecule has 0 radical (unpaired) electrons. The van der Waals surface area contributed by atoms with E-state index in [-0.39, 0.29) is 44.5 Å². The monoisotopic (exact) mass is 517 g/mol. The van der Waals surface area contributed by atoms with Gasteiger partial charge in [-0.25, -0.2) is 0 Å². The number of aromatic nitrogens is 1. The molecule has 2 heterocycles. The molecule has 1 aliphatic rings. The Bertz CT molecular complexity index is 1140. The van der Waals surface area contributed by atoms with Crippen LogP contribution in [0.5, 0.6) is 0 Å². The van der Waals surface area contributed by atoms with E-state index < -0.39 is 35.0 Å². The number of piperidine rings is 1. The van der Waals surface area contributed by atoms with E-state index in [0.29, 0.717) is 5.69 Å². The van der Waals surface area contributed by atoms with Crippen LogP contribution >= 0.6 is 0 Å². The van der Waals surface area contributed by atoms with Gasteiger partial charge >= 0.3 is 12.1 Å². The van der Waals surface area contributed by atoms with Gasteiger partial charge in [0.15, 0.2) is 0 Å². The van der Waals surface area contributed by atoms with E-state index in [0.717, 1.165) is 17.6 Å². The molecule has 1 fully saturated rings. The lowest BCUT2D eigenvalue weighted by atomic mass is 9.65. The molecule has 0 saturated carbocycles. The van der Waals surface area contributed by atoms with Gasteiger partial charge in [0.25, 0.3) is 11.5 Å². The summed E-state index contributed by atoms with van der Waals surface area (Å²) in [5.41, 5.74) is -3.22. The highest BCUT2D eigenvalue weighted by atomic mass is 19.4. The van der Waals surface area contributed by atoms with Crippen molar-refractivity contribution in [2.75, 3.05) is 26.8 Å². The molecule has 1 unspecified atom stereocenters. The molecule has 7 nitrogen and oxygen atoms in total. The number of hydrogen-bond donors (Lipinski definition) is 0. The zero-order valence-electron chi connectivity index (χ0n) is 21.0. The molecule has 3 rings (SSSR count). The Morgan fingerprint density at radius 1 is 1.16 bits per heavy atom. The molecule has 1 amide bonds. The van der Waals surface area contributed by atoms with E-state index in [4.69, 9.17) is 9.47 Å². The van der Waals surface area contributed by atoms with Crippen molar-refractivity contribution in [2.24, 2.45) is 5.41 Å². The number of nitriles is 1. The first-order chi connectivity index (χ1) is 17.6. The number of rotatable bonds is 8. The predicted octanol–water partition coefficient (Wildman–Crippen LogP) is 4.66. The number of likely N-dealkylation sites (tertiary alicyclic amines) is 1. The van der Waals surface area contributed by atoms with Gasteiger partial charge in [-0.2, -0.15) is 18.4 Å². The smallest absolute Gasteiger partial charge is 0.430 e.